The van der Waals surface area contributed by atoms with Gasteiger partial charge in [0.25, 0.3) is 0 Å². The van der Waals surface area contributed by atoms with E-state index in [9.17, 15) is 13.2 Å². The Kier molecular flexibility index (Phi) is 6.27. The number of hydrogen-bond donors (Lipinski definition) is 3. The van der Waals surface area contributed by atoms with E-state index in [0.29, 0.717) is 11.3 Å². The van der Waals surface area contributed by atoms with Crippen molar-refractivity contribution in [2.75, 3.05) is 18.9 Å². The maximum absolute atomic E-state index is 11.3. The quantitative estimate of drug-likeness (QED) is 0.739. The van der Waals surface area contributed by atoms with Gasteiger partial charge < -0.3 is 10.6 Å². The molecule has 0 fully saturated rings. The van der Waals surface area contributed by atoms with E-state index < -0.39 is 10.0 Å². The van der Waals surface area contributed by atoms with Gasteiger partial charge >= 0.3 is 0 Å². The number of rotatable bonds is 4. The maximum atomic E-state index is 11.3. The molecule has 0 aromatic heterocycles. The third-order valence-electron chi connectivity index (χ3n) is 2.12. The topological polar surface area (TPSA) is 101 Å². The fourth-order valence-electron chi connectivity index (χ4n) is 1.35. The smallest absolute Gasteiger partial charge is 0.238 e. The molecule has 6 nitrogen and oxygen atoms in total. The Bertz CT molecular complexity index is 531. The second kappa shape index (κ2) is 6.69. The molecule has 0 unspecified atom stereocenters. The van der Waals surface area contributed by atoms with Crippen molar-refractivity contribution in [3.8, 4) is 0 Å². The first kappa shape index (κ1) is 16.9. The number of sulfonamides is 1. The lowest BCUT2D eigenvalue weighted by Crippen LogP contribution is -2.25. The summed E-state index contributed by atoms with van der Waals surface area (Å²) in [5.41, 5.74) is 0.944. The standard InChI is InChI=1S/C10H15N3O3S.ClH/c1-7-3-4-8(13-10(14)6-12-2)5-9(7)17(11,15)16;/h3-5,12H,6H2,1-2H3,(H,13,14)(H2,11,15,16);1H. The predicted molar refractivity (Wildman–Crippen MR) is 72.4 cm³/mol. The van der Waals surface area contributed by atoms with Crippen molar-refractivity contribution in [2.24, 2.45) is 5.14 Å². The van der Waals surface area contributed by atoms with Crippen molar-refractivity contribution < 1.29 is 13.2 Å². The van der Waals surface area contributed by atoms with Gasteiger partial charge in [-0.05, 0) is 31.7 Å². The summed E-state index contributed by atoms with van der Waals surface area (Å²) >= 11 is 0. The van der Waals surface area contributed by atoms with Crippen molar-refractivity contribution in [1.29, 1.82) is 0 Å². The Morgan fingerprint density at radius 2 is 2.00 bits per heavy atom. The largest absolute Gasteiger partial charge is 0.325 e. The van der Waals surface area contributed by atoms with Gasteiger partial charge in [-0.25, -0.2) is 13.6 Å². The normalized spacial score (nSPS) is 10.6. The number of aryl methyl sites for hydroxylation is 1. The van der Waals surface area contributed by atoms with Crippen molar-refractivity contribution in [3.63, 3.8) is 0 Å². The first-order valence-corrected chi connectivity index (χ1v) is 6.47. The van der Waals surface area contributed by atoms with Gasteiger partial charge in [0.1, 0.15) is 0 Å². The molecule has 1 rings (SSSR count). The van der Waals surface area contributed by atoms with E-state index in [1.54, 1.807) is 26.1 Å². The first-order valence-electron chi connectivity index (χ1n) is 4.92. The molecule has 0 heterocycles. The fraction of sp³-hybridized carbons (Fsp3) is 0.300. The van der Waals surface area contributed by atoms with Crippen LogP contribution in [-0.2, 0) is 14.8 Å². The highest BCUT2D eigenvalue weighted by Gasteiger charge is 2.12. The van der Waals surface area contributed by atoms with Crippen LogP contribution in [0.15, 0.2) is 23.1 Å². The van der Waals surface area contributed by atoms with Crippen molar-refractivity contribution in [1.82, 2.24) is 5.32 Å². The SMILES string of the molecule is CNCC(=O)Nc1ccc(C)c(S(N)(=O)=O)c1.Cl. The van der Waals surface area contributed by atoms with Gasteiger partial charge in [0, 0.05) is 5.69 Å². The fourth-order valence-corrected chi connectivity index (χ4v) is 2.16. The number of benzene rings is 1. The molecule has 4 N–H and O–H groups in total. The van der Waals surface area contributed by atoms with Crippen LogP contribution in [0.5, 0.6) is 0 Å². The summed E-state index contributed by atoms with van der Waals surface area (Å²) in [6, 6.07) is 4.56. The zero-order valence-corrected chi connectivity index (χ0v) is 11.7. The first-order chi connectivity index (χ1) is 7.84. The molecule has 0 aliphatic carbocycles. The van der Waals surface area contributed by atoms with Crippen LogP contribution in [0.2, 0.25) is 0 Å². The zero-order valence-electron chi connectivity index (χ0n) is 10.1. The Morgan fingerprint density at radius 3 is 2.50 bits per heavy atom. The molecule has 0 aliphatic heterocycles. The van der Waals surface area contributed by atoms with Crippen molar-refractivity contribution in [2.45, 2.75) is 11.8 Å². The molecule has 102 valence electrons. The highest BCUT2D eigenvalue weighted by atomic mass is 35.5. The predicted octanol–water partition coefficient (Wildman–Crippen LogP) is 0.222. The van der Waals surface area contributed by atoms with E-state index >= 15 is 0 Å². The molecule has 0 saturated carbocycles. The molecule has 1 aromatic rings. The highest BCUT2D eigenvalue weighted by Crippen LogP contribution is 2.18. The second-order valence-electron chi connectivity index (χ2n) is 3.60. The summed E-state index contributed by atoms with van der Waals surface area (Å²) in [6.07, 6.45) is 0. The Labute approximate surface area is 112 Å². The van der Waals surface area contributed by atoms with E-state index in [1.807, 2.05) is 0 Å². The van der Waals surface area contributed by atoms with E-state index in [1.165, 1.54) is 6.07 Å². The van der Waals surface area contributed by atoms with Crippen LogP contribution in [0, 0.1) is 6.92 Å². The molecule has 0 aliphatic rings. The maximum Gasteiger partial charge on any atom is 0.238 e. The van der Waals surface area contributed by atoms with Crippen LogP contribution in [0.3, 0.4) is 0 Å². The van der Waals surface area contributed by atoms with Crippen LogP contribution < -0.4 is 15.8 Å². The van der Waals surface area contributed by atoms with Gasteiger partial charge in [-0.1, -0.05) is 6.07 Å². The minimum absolute atomic E-state index is 0. The van der Waals surface area contributed by atoms with Crippen LogP contribution in [-0.4, -0.2) is 27.9 Å². The average molecular weight is 294 g/mol. The number of nitrogens with two attached hydrogens (primary N) is 1. The van der Waals surface area contributed by atoms with Gasteiger partial charge in [0.05, 0.1) is 11.4 Å². The van der Waals surface area contributed by atoms with Gasteiger partial charge in [-0.2, -0.15) is 0 Å². The summed E-state index contributed by atoms with van der Waals surface area (Å²) in [7, 11) is -2.13. The van der Waals surface area contributed by atoms with Gasteiger partial charge in [-0.3, -0.25) is 4.79 Å². The molecule has 8 heteroatoms. The molecule has 18 heavy (non-hydrogen) atoms. The molecule has 0 spiro atoms. The van der Waals surface area contributed by atoms with Crippen molar-refractivity contribution >= 4 is 34.0 Å². The Balaban J connectivity index is 0.00000289. The molecular formula is C10H16ClN3O3S. The lowest BCUT2D eigenvalue weighted by atomic mass is 10.2. The zero-order chi connectivity index (χ0) is 13.1. The molecule has 0 saturated heterocycles. The van der Waals surface area contributed by atoms with Crippen LogP contribution >= 0.6 is 12.4 Å². The van der Waals surface area contributed by atoms with E-state index in [-0.39, 0.29) is 29.8 Å². The lowest BCUT2D eigenvalue weighted by molar-refractivity contribution is -0.115. The third-order valence-corrected chi connectivity index (χ3v) is 3.17. The molecule has 0 radical (unpaired) electrons. The van der Waals surface area contributed by atoms with E-state index in [4.69, 9.17) is 5.14 Å². The number of carbonyl (C=O) groups excluding carboxylic acids is 1. The number of hydrogen-bond acceptors (Lipinski definition) is 4. The monoisotopic (exact) mass is 293 g/mol. The highest BCUT2D eigenvalue weighted by molar-refractivity contribution is 7.89. The summed E-state index contributed by atoms with van der Waals surface area (Å²) < 4.78 is 22.5. The van der Waals surface area contributed by atoms with E-state index in [0.717, 1.165) is 0 Å². The number of halogens is 1. The second-order valence-corrected chi connectivity index (χ2v) is 5.13. The van der Waals surface area contributed by atoms with Gasteiger partial charge in [0.2, 0.25) is 15.9 Å². The van der Waals surface area contributed by atoms with E-state index in [2.05, 4.69) is 10.6 Å². The minimum atomic E-state index is -3.77. The van der Waals surface area contributed by atoms with Gasteiger partial charge in [-0.15, -0.1) is 12.4 Å². The summed E-state index contributed by atoms with van der Waals surface area (Å²) in [6.45, 7) is 1.79. The third kappa shape index (κ3) is 4.61. The summed E-state index contributed by atoms with van der Waals surface area (Å²) in [4.78, 5) is 11.3. The van der Waals surface area contributed by atoms with Gasteiger partial charge in [0.15, 0.2) is 0 Å². The Morgan fingerprint density at radius 1 is 1.39 bits per heavy atom. The summed E-state index contributed by atoms with van der Waals surface area (Å²) in [5.74, 6) is -0.253. The summed E-state index contributed by atoms with van der Waals surface area (Å²) in [5, 5.41) is 10.3. The average Bonchev–Trinajstić information content (AvgIpc) is 2.19. The number of likely N-dealkylation sites (N-methyl/N-ethyl adjacent to an activating group) is 1. The molecular weight excluding hydrogens is 278 g/mol. The number of carbonyl (C=O) groups is 1. The number of nitrogens with one attached hydrogen (secondary N) is 2. The molecule has 1 amide bonds. The molecule has 0 bridgehead atoms. The number of anilines is 1. The molecule has 0 atom stereocenters. The van der Waals surface area contributed by atoms with Crippen LogP contribution in [0.25, 0.3) is 0 Å². The number of primary sulfonamides is 1. The van der Waals surface area contributed by atoms with Crippen LogP contribution in [0.4, 0.5) is 5.69 Å². The lowest BCUT2D eigenvalue weighted by Gasteiger charge is -2.08. The van der Waals surface area contributed by atoms with Crippen molar-refractivity contribution in [3.05, 3.63) is 23.8 Å². The number of amides is 1. The minimum Gasteiger partial charge on any atom is -0.325 e. The molecule has 1 aromatic carbocycles. The van der Waals surface area contributed by atoms with Crippen LogP contribution in [0.1, 0.15) is 5.56 Å². The Hall–Kier alpha value is -1.15.